The molecule has 1 saturated heterocycles. The lowest BCUT2D eigenvalue weighted by atomic mass is 10.00. The molecular weight excluding hydrogens is 643 g/mol. The van der Waals surface area contributed by atoms with E-state index in [1.54, 1.807) is 43.1 Å². The number of nitrogens with two attached hydrogens (primary N) is 1. The minimum absolute atomic E-state index is 0.0879. The molecule has 49 heavy (non-hydrogen) atoms. The van der Waals surface area contributed by atoms with E-state index >= 15 is 0 Å². The number of pyridine rings is 1. The molecule has 0 saturated carbocycles. The smallest absolute Gasteiger partial charge is 0.250 e. The first-order valence-corrected chi connectivity index (χ1v) is 18.1. The molecule has 1 aliphatic heterocycles. The Labute approximate surface area is 288 Å². The number of hydrogen-bond donors (Lipinski definition) is 3. The van der Waals surface area contributed by atoms with Crippen molar-refractivity contribution in [3.8, 4) is 11.5 Å². The van der Waals surface area contributed by atoms with E-state index in [0.29, 0.717) is 65.8 Å². The number of hydrogen-bond acceptors (Lipinski definition) is 9. The molecule has 1 aromatic heterocycles. The molecule has 0 bridgehead atoms. The molecule has 0 aliphatic carbocycles. The van der Waals surface area contributed by atoms with Crippen molar-refractivity contribution in [2.24, 2.45) is 0 Å². The summed E-state index contributed by atoms with van der Waals surface area (Å²) in [5, 5.41) is 7.20. The van der Waals surface area contributed by atoms with Gasteiger partial charge in [-0.25, -0.2) is 13.4 Å². The fraction of sp³-hybridized carbons (Fsp3) is 0.378. The summed E-state index contributed by atoms with van der Waals surface area (Å²) in [6.07, 6.45) is 2.77. The van der Waals surface area contributed by atoms with Crippen LogP contribution in [0.2, 0.25) is 0 Å². The Morgan fingerprint density at radius 3 is 2.45 bits per heavy atom. The van der Waals surface area contributed by atoms with Gasteiger partial charge < -0.3 is 30.7 Å². The Balaban J connectivity index is 1.61. The van der Waals surface area contributed by atoms with Gasteiger partial charge in [0.1, 0.15) is 11.9 Å². The van der Waals surface area contributed by atoms with Crippen LogP contribution in [0.1, 0.15) is 77.6 Å². The van der Waals surface area contributed by atoms with E-state index in [-0.39, 0.29) is 22.8 Å². The van der Waals surface area contributed by atoms with E-state index in [1.165, 1.54) is 13.0 Å². The number of likely N-dealkylation sites (tertiary alicyclic amines) is 1. The van der Waals surface area contributed by atoms with Crippen molar-refractivity contribution in [2.75, 3.05) is 29.5 Å². The molecule has 5 rings (SSSR count). The van der Waals surface area contributed by atoms with Crippen molar-refractivity contribution >= 4 is 49.6 Å². The number of amides is 2. The monoisotopic (exact) mass is 687 g/mol. The fourth-order valence-corrected chi connectivity index (χ4v) is 7.48. The largest absolute Gasteiger partial charge is 0.490 e. The second-order valence-corrected chi connectivity index (χ2v) is 15.2. The Morgan fingerprint density at radius 2 is 1.76 bits per heavy atom. The number of nitrogens with zero attached hydrogens (tertiary/aromatic N) is 2. The van der Waals surface area contributed by atoms with Crippen molar-refractivity contribution < 1.29 is 27.5 Å². The SMILES string of the molecule is CCOc1cc(C(Nc2ccc3c(N)nccc3c2)C(=O)N2CCCC2c2cc(NC(C)=O)ccc2S(=O)(=O)C(C)C)ccc1OC(C)C. The number of anilines is 3. The predicted octanol–water partition coefficient (Wildman–Crippen LogP) is 6.66. The van der Waals surface area contributed by atoms with Gasteiger partial charge in [0.25, 0.3) is 0 Å². The van der Waals surface area contributed by atoms with Gasteiger partial charge in [-0.15, -0.1) is 0 Å². The zero-order valence-electron chi connectivity index (χ0n) is 28.8. The highest BCUT2D eigenvalue weighted by Crippen LogP contribution is 2.41. The molecule has 2 heterocycles. The molecule has 4 aromatic rings. The van der Waals surface area contributed by atoms with Crippen LogP contribution in [0.25, 0.3) is 10.8 Å². The Hall–Kier alpha value is -4.84. The lowest BCUT2D eigenvalue weighted by molar-refractivity contribution is -0.133. The van der Waals surface area contributed by atoms with Crippen LogP contribution in [-0.4, -0.2) is 54.6 Å². The van der Waals surface area contributed by atoms with Crippen LogP contribution in [0.3, 0.4) is 0 Å². The lowest BCUT2D eigenvalue weighted by Gasteiger charge is -2.32. The maximum Gasteiger partial charge on any atom is 0.250 e. The summed E-state index contributed by atoms with van der Waals surface area (Å²) >= 11 is 0. The number of nitrogen functional groups attached to an aromatic ring is 1. The summed E-state index contributed by atoms with van der Waals surface area (Å²) in [4.78, 5) is 32.9. The molecule has 0 radical (unpaired) electrons. The van der Waals surface area contributed by atoms with E-state index < -0.39 is 27.2 Å². The highest BCUT2D eigenvalue weighted by molar-refractivity contribution is 7.92. The summed E-state index contributed by atoms with van der Waals surface area (Å²) in [7, 11) is -3.72. The highest BCUT2D eigenvalue weighted by atomic mass is 32.2. The van der Waals surface area contributed by atoms with Crippen molar-refractivity contribution in [1.29, 1.82) is 0 Å². The molecule has 2 unspecified atom stereocenters. The molecule has 2 atom stereocenters. The normalized spacial score (nSPS) is 15.4. The van der Waals surface area contributed by atoms with Gasteiger partial charge in [0.2, 0.25) is 11.8 Å². The molecule has 0 spiro atoms. The second-order valence-electron chi connectivity index (χ2n) is 12.7. The van der Waals surface area contributed by atoms with E-state index in [4.69, 9.17) is 15.2 Å². The van der Waals surface area contributed by atoms with E-state index in [1.807, 2.05) is 57.2 Å². The van der Waals surface area contributed by atoms with E-state index in [2.05, 4.69) is 15.6 Å². The van der Waals surface area contributed by atoms with Gasteiger partial charge in [0.05, 0.1) is 28.9 Å². The molecular formula is C37H45N5O6S. The van der Waals surface area contributed by atoms with Gasteiger partial charge in [-0.3, -0.25) is 9.59 Å². The summed E-state index contributed by atoms with van der Waals surface area (Å²) in [6.45, 7) is 11.2. The highest BCUT2D eigenvalue weighted by Gasteiger charge is 2.38. The fourth-order valence-electron chi connectivity index (χ4n) is 6.19. The Morgan fingerprint density at radius 1 is 1.00 bits per heavy atom. The molecule has 1 fully saturated rings. The first-order valence-electron chi connectivity index (χ1n) is 16.6. The first kappa shape index (κ1) is 35.5. The third-order valence-corrected chi connectivity index (χ3v) is 10.7. The van der Waals surface area contributed by atoms with Gasteiger partial charge in [0, 0.05) is 36.4 Å². The number of fused-ring (bicyclic) bond motifs is 1. The van der Waals surface area contributed by atoms with Gasteiger partial charge in [-0.2, -0.15) is 0 Å². The average molecular weight is 688 g/mol. The standard InChI is InChI=1S/C37H45N5O6S/c1-7-47-33-20-26(10-14-32(33)48-22(2)3)35(41-27-11-13-29-25(19-27)16-17-39-36(29)38)37(44)42-18-8-9-31(42)30-21-28(40-24(6)43)12-15-34(30)49(45,46)23(4)5/h10-17,19-23,31,35,41H,7-9,18H2,1-6H3,(H2,38,39)(H,40,43). The minimum Gasteiger partial charge on any atom is -0.490 e. The van der Waals surface area contributed by atoms with Crippen molar-refractivity contribution in [2.45, 2.75) is 82.7 Å². The number of carbonyl (C=O) groups is 2. The average Bonchev–Trinajstić information content (AvgIpc) is 3.54. The maximum atomic E-state index is 14.9. The summed E-state index contributed by atoms with van der Waals surface area (Å²) in [6, 6.07) is 16.3. The molecule has 4 N–H and O–H groups in total. The quantitative estimate of drug-likeness (QED) is 0.148. The van der Waals surface area contributed by atoms with Gasteiger partial charge >= 0.3 is 0 Å². The second kappa shape index (κ2) is 14.7. The Bertz CT molecular complexity index is 1960. The van der Waals surface area contributed by atoms with Crippen LogP contribution in [-0.2, 0) is 19.4 Å². The molecule has 1 aliphatic rings. The lowest BCUT2D eigenvalue weighted by Crippen LogP contribution is -2.38. The van der Waals surface area contributed by atoms with Crippen molar-refractivity contribution in [3.63, 3.8) is 0 Å². The van der Waals surface area contributed by atoms with E-state index in [0.717, 1.165) is 10.8 Å². The van der Waals surface area contributed by atoms with E-state index in [9.17, 15) is 18.0 Å². The van der Waals surface area contributed by atoms with Crippen LogP contribution in [0, 0.1) is 0 Å². The number of ether oxygens (including phenoxy) is 2. The zero-order chi connectivity index (χ0) is 35.5. The van der Waals surface area contributed by atoms with Crippen LogP contribution in [0.4, 0.5) is 17.2 Å². The number of sulfone groups is 1. The van der Waals surface area contributed by atoms with Crippen LogP contribution >= 0.6 is 0 Å². The van der Waals surface area contributed by atoms with Gasteiger partial charge in [0.15, 0.2) is 21.3 Å². The summed E-state index contributed by atoms with van der Waals surface area (Å²) < 4.78 is 39.2. The van der Waals surface area contributed by atoms with Crippen LogP contribution in [0.15, 0.2) is 71.8 Å². The summed E-state index contributed by atoms with van der Waals surface area (Å²) in [5.41, 5.74) is 8.38. The minimum atomic E-state index is -3.72. The topological polar surface area (TPSA) is 153 Å². The Kier molecular flexibility index (Phi) is 10.7. The van der Waals surface area contributed by atoms with Crippen LogP contribution < -0.4 is 25.8 Å². The van der Waals surface area contributed by atoms with Gasteiger partial charge in [-0.05, 0) is 119 Å². The molecule has 3 aromatic carbocycles. The molecule has 11 nitrogen and oxygen atoms in total. The third-order valence-electron chi connectivity index (χ3n) is 8.47. The number of nitrogens with one attached hydrogen (secondary N) is 2. The zero-order valence-corrected chi connectivity index (χ0v) is 29.6. The molecule has 260 valence electrons. The molecule has 12 heteroatoms. The molecule has 2 amide bonds. The number of carbonyl (C=O) groups excluding carboxylic acids is 2. The number of rotatable bonds is 12. The number of benzene rings is 3. The maximum absolute atomic E-state index is 14.9. The number of aromatic nitrogens is 1. The van der Waals surface area contributed by atoms with Crippen LogP contribution in [0.5, 0.6) is 11.5 Å². The van der Waals surface area contributed by atoms with Gasteiger partial charge in [-0.1, -0.05) is 6.07 Å². The summed E-state index contributed by atoms with van der Waals surface area (Å²) in [5.74, 6) is 0.966. The van der Waals surface area contributed by atoms with Crippen molar-refractivity contribution in [3.05, 3.63) is 78.0 Å². The first-order chi connectivity index (χ1) is 23.3. The van der Waals surface area contributed by atoms with Crippen molar-refractivity contribution in [1.82, 2.24) is 9.88 Å². The predicted molar refractivity (Wildman–Crippen MR) is 193 cm³/mol. The third kappa shape index (κ3) is 7.75.